The molecule has 1 aliphatic rings. The van der Waals surface area contributed by atoms with Crippen molar-refractivity contribution in [1.82, 2.24) is 4.90 Å². The Bertz CT molecular complexity index is 700. The molecule has 2 N–H and O–H groups in total. The van der Waals surface area contributed by atoms with Crippen molar-refractivity contribution in [2.45, 2.75) is 25.4 Å². The van der Waals surface area contributed by atoms with Crippen molar-refractivity contribution in [2.24, 2.45) is 0 Å². The van der Waals surface area contributed by atoms with Crippen LogP contribution in [0.2, 0.25) is 0 Å². The number of rotatable bonds is 5. The molecule has 1 fully saturated rings. The Morgan fingerprint density at radius 3 is 2.50 bits per heavy atom. The van der Waals surface area contributed by atoms with Gasteiger partial charge in [-0.2, -0.15) is 0 Å². The van der Waals surface area contributed by atoms with E-state index in [4.69, 9.17) is 4.74 Å². The summed E-state index contributed by atoms with van der Waals surface area (Å²) in [5, 5.41) is 19.2. The van der Waals surface area contributed by atoms with Crippen molar-refractivity contribution in [3.8, 4) is 5.75 Å². The summed E-state index contributed by atoms with van der Waals surface area (Å²) in [5.74, 6) is -0.670. The van der Waals surface area contributed by atoms with Crippen LogP contribution in [0.25, 0.3) is 0 Å². The van der Waals surface area contributed by atoms with Crippen LogP contribution in [0.1, 0.15) is 11.1 Å². The molecule has 0 amide bonds. The zero-order valence-electron chi connectivity index (χ0n) is 13.0. The largest absolute Gasteiger partial charge is 0.489 e. The number of hydrogen-bond acceptors (Lipinski definition) is 4. The molecule has 1 saturated heterocycles. The number of aliphatic hydroxyl groups excluding tert-OH is 2. The summed E-state index contributed by atoms with van der Waals surface area (Å²) in [5.41, 5.74) is 1.25. The first-order chi connectivity index (χ1) is 11.5. The second kappa shape index (κ2) is 7.25. The number of nitrogens with zero attached hydrogens (tertiary/aromatic N) is 1. The molecule has 2 aromatic carbocycles. The molecular formula is C18H19F2NO3. The molecule has 3 rings (SSSR count). The van der Waals surface area contributed by atoms with Gasteiger partial charge in [-0.1, -0.05) is 12.1 Å². The quantitative estimate of drug-likeness (QED) is 0.878. The third kappa shape index (κ3) is 4.08. The molecule has 4 nitrogen and oxygen atoms in total. The second-order valence-electron chi connectivity index (χ2n) is 6.00. The predicted octanol–water partition coefficient (Wildman–Crippen LogP) is 2.08. The molecule has 1 heterocycles. The van der Waals surface area contributed by atoms with Crippen molar-refractivity contribution in [3.63, 3.8) is 0 Å². The average Bonchev–Trinajstić information content (AvgIpc) is 2.84. The third-order valence-electron chi connectivity index (χ3n) is 4.05. The molecule has 0 saturated carbocycles. The molecular weight excluding hydrogens is 316 g/mol. The Kier molecular flexibility index (Phi) is 5.08. The van der Waals surface area contributed by atoms with Gasteiger partial charge in [0.25, 0.3) is 0 Å². The molecule has 0 aromatic heterocycles. The second-order valence-corrected chi connectivity index (χ2v) is 6.00. The van der Waals surface area contributed by atoms with E-state index in [1.807, 2.05) is 23.1 Å². The van der Waals surface area contributed by atoms with E-state index >= 15 is 0 Å². The van der Waals surface area contributed by atoms with E-state index in [0.717, 1.165) is 11.6 Å². The Hall–Kier alpha value is -2.02. The molecule has 0 aliphatic carbocycles. The summed E-state index contributed by atoms with van der Waals surface area (Å²) in [6.07, 6.45) is -1.43. The van der Waals surface area contributed by atoms with Crippen LogP contribution in [-0.4, -0.2) is 40.4 Å². The summed E-state index contributed by atoms with van der Waals surface area (Å²) in [6, 6.07) is 10.7. The van der Waals surface area contributed by atoms with E-state index in [0.29, 0.717) is 25.4 Å². The van der Waals surface area contributed by atoms with Crippen molar-refractivity contribution in [1.29, 1.82) is 0 Å². The number of aliphatic hydroxyl groups is 2. The first-order valence-electron chi connectivity index (χ1n) is 7.75. The van der Waals surface area contributed by atoms with Gasteiger partial charge in [0.2, 0.25) is 0 Å². The molecule has 0 unspecified atom stereocenters. The lowest BCUT2D eigenvalue weighted by atomic mass is 10.2. The van der Waals surface area contributed by atoms with Gasteiger partial charge < -0.3 is 14.9 Å². The standard InChI is InChI=1S/C18H19F2NO3/c19-14-5-4-13(16(20)7-14)11-24-15-3-1-2-12(6-15)8-21-9-17(22)18(23)10-21/h1-7,17-18,22-23H,8-11H2/t17-,18+. The zero-order valence-corrected chi connectivity index (χ0v) is 13.0. The Balaban J connectivity index is 1.61. The van der Waals surface area contributed by atoms with E-state index in [-0.39, 0.29) is 12.2 Å². The van der Waals surface area contributed by atoms with Crippen LogP contribution in [0.3, 0.4) is 0 Å². The molecule has 0 bridgehead atoms. The van der Waals surface area contributed by atoms with Gasteiger partial charge in [0.05, 0.1) is 12.2 Å². The SMILES string of the molecule is O[C@@H]1CN(Cc2cccc(OCc3ccc(F)cc3F)c2)C[C@@H]1O. The highest BCUT2D eigenvalue weighted by Crippen LogP contribution is 2.20. The number of halogens is 2. The van der Waals surface area contributed by atoms with E-state index in [1.165, 1.54) is 12.1 Å². The number of hydrogen-bond donors (Lipinski definition) is 2. The summed E-state index contributed by atoms with van der Waals surface area (Å²) >= 11 is 0. The summed E-state index contributed by atoms with van der Waals surface area (Å²) in [4.78, 5) is 1.95. The van der Waals surface area contributed by atoms with Crippen LogP contribution < -0.4 is 4.74 Å². The summed E-state index contributed by atoms with van der Waals surface area (Å²) in [7, 11) is 0. The molecule has 0 radical (unpaired) electrons. The molecule has 24 heavy (non-hydrogen) atoms. The van der Waals surface area contributed by atoms with Gasteiger partial charge >= 0.3 is 0 Å². The lowest BCUT2D eigenvalue weighted by Gasteiger charge is -2.15. The molecule has 128 valence electrons. The molecule has 1 aliphatic heterocycles. The molecule has 2 aromatic rings. The van der Waals surface area contributed by atoms with Crippen LogP contribution in [0.15, 0.2) is 42.5 Å². The van der Waals surface area contributed by atoms with E-state index in [1.54, 1.807) is 6.07 Å². The lowest BCUT2D eigenvalue weighted by molar-refractivity contribution is 0.0572. The van der Waals surface area contributed by atoms with Crippen molar-refractivity contribution in [3.05, 3.63) is 65.2 Å². The summed E-state index contributed by atoms with van der Waals surface area (Å²) < 4.78 is 32.1. The van der Waals surface area contributed by atoms with Gasteiger partial charge in [-0.05, 0) is 29.8 Å². The van der Waals surface area contributed by atoms with E-state index in [2.05, 4.69) is 0 Å². The highest BCUT2D eigenvalue weighted by Gasteiger charge is 2.29. The van der Waals surface area contributed by atoms with Crippen LogP contribution in [0.5, 0.6) is 5.75 Å². The number of ether oxygens (including phenoxy) is 1. The average molecular weight is 335 g/mol. The highest BCUT2D eigenvalue weighted by molar-refractivity contribution is 5.29. The fourth-order valence-corrected chi connectivity index (χ4v) is 2.77. The Morgan fingerprint density at radius 1 is 1.04 bits per heavy atom. The monoisotopic (exact) mass is 335 g/mol. The van der Waals surface area contributed by atoms with E-state index < -0.39 is 23.8 Å². The van der Waals surface area contributed by atoms with Gasteiger partial charge in [-0.25, -0.2) is 8.78 Å². The maximum absolute atomic E-state index is 13.6. The topological polar surface area (TPSA) is 52.9 Å². The minimum atomic E-state index is -0.717. The maximum atomic E-state index is 13.6. The van der Waals surface area contributed by atoms with Crippen molar-refractivity contribution >= 4 is 0 Å². The van der Waals surface area contributed by atoms with Gasteiger partial charge in [0.1, 0.15) is 24.0 Å². The van der Waals surface area contributed by atoms with E-state index in [9.17, 15) is 19.0 Å². The van der Waals surface area contributed by atoms with Crippen molar-refractivity contribution in [2.75, 3.05) is 13.1 Å². The minimum Gasteiger partial charge on any atom is -0.489 e. The van der Waals surface area contributed by atoms with Crippen LogP contribution >= 0.6 is 0 Å². The van der Waals surface area contributed by atoms with Crippen molar-refractivity contribution < 1.29 is 23.7 Å². The zero-order chi connectivity index (χ0) is 17.1. The summed E-state index contributed by atoms with van der Waals surface area (Å²) in [6.45, 7) is 1.44. The number of β-amino-alcohol motifs (C(OH)–C–C–N with tert-alkyl or cyclic N) is 2. The number of likely N-dealkylation sites (tertiary alicyclic amines) is 1. The fourth-order valence-electron chi connectivity index (χ4n) is 2.77. The van der Waals surface area contributed by atoms with Crippen LogP contribution in [-0.2, 0) is 13.2 Å². The third-order valence-corrected chi connectivity index (χ3v) is 4.05. The van der Waals surface area contributed by atoms with Crippen LogP contribution in [0.4, 0.5) is 8.78 Å². The first-order valence-corrected chi connectivity index (χ1v) is 7.75. The van der Waals surface area contributed by atoms with Crippen LogP contribution in [0, 0.1) is 11.6 Å². The molecule has 2 atom stereocenters. The fraction of sp³-hybridized carbons (Fsp3) is 0.333. The van der Waals surface area contributed by atoms with Gasteiger partial charge in [-0.15, -0.1) is 0 Å². The predicted molar refractivity (Wildman–Crippen MR) is 84.4 cm³/mol. The Morgan fingerprint density at radius 2 is 1.79 bits per heavy atom. The van der Waals surface area contributed by atoms with Gasteiger partial charge in [0.15, 0.2) is 0 Å². The molecule has 0 spiro atoms. The molecule has 6 heteroatoms. The lowest BCUT2D eigenvalue weighted by Crippen LogP contribution is -2.22. The smallest absolute Gasteiger partial charge is 0.132 e. The normalized spacial score (nSPS) is 21.2. The Labute approximate surface area is 138 Å². The van der Waals surface area contributed by atoms with Gasteiger partial charge in [0, 0.05) is 31.3 Å². The minimum absolute atomic E-state index is 0.0106. The maximum Gasteiger partial charge on any atom is 0.132 e. The first kappa shape index (κ1) is 16.8. The van der Waals surface area contributed by atoms with Gasteiger partial charge in [-0.3, -0.25) is 4.90 Å². The highest BCUT2D eigenvalue weighted by atomic mass is 19.1. The number of benzene rings is 2.